The quantitative estimate of drug-likeness (QED) is 0.655. The number of thioether (sulfide) groups is 1. The fourth-order valence-electron chi connectivity index (χ4n) is 1.66. The molecule has 1 aromatic carbocycles. The molecule has 2 N–H and O–H groups in total. The second kappa shape index (κ2) is 7.28. The fraction of sp³-hybridized carbons (Fsp3) is 0.214. The standard InChI is InChI=1S/C14H14ClN3O2S/c1-2-11(21-14-16-7-6-12(19)18-14)13(20)17-10-5-3-4-9(15)8-10/h3-8,11H,2H2,1H3,(H,17,20)(H,16,18,19). The number of anilines is 1. The number of H-pyrrole nitrogens is 1. The first-order valence-corrected chi connectivity index (χ1v) is 7.62. The highest BCUT2D eigenvalue weighted by atomic mass is 35.5. The average molecular weight is 324 g/mol. The van der Waals surface area contributed by atoms with Crippen LogP contribution in [0.4, 0.5) is 5.69 Å². The summed E-state index contributed by atoms with van der Waals surface area (Å²) < 4.78 is 0. The van der Waals surface area contributed by atoms with Gasteiger partial charge in [0.15, 0.2) is 5.16 Å². The Hall–Kier alpha value is -1.79. The van der Waals surface area contributed by atoms with Crippen LogP contribution in [0.1, 0.15) is 13.3 Å². The molecule has 1 unspecified atom stereocenters. The van der Waals surface area contributed by atoms with Gasteiger partial charge in [0.1, 0.15) is 0 Å². The summed E-state index contributed by atoms with van der Waals surface area (Å²) in [5.41, 5.74) is 0.402. The molecule has 1 amide bonds. The maximum absolute atomic E-state index is 12.2. The average Bonchev–Trinajstić information content (AvgIpc) is 2.44. The molecule has 0 spiro atoms. The number of hydrogen-bond acceptors (Lipinski definition) is 4. The predicted molar refractivity (Wildman–Crippen MR) is 84.9 cm³/mol. The van der Waals surface area contributed by atoms with Crippen molar-refractivity contribution in [3.8, 4) is 0 Å². The number of aromatic amines is 1. The Morgan fingerprint density at radius 3 is 2.95 bits per heavy atom. The van der Waals surface area contributed by atoms with Crippen LogP contribution in [0.5, 0.6) is 0 Å². The molecule has 0 aliphatic heterocycles. The van der Waals surface area contributed by atoms with E-state index in [0.717, 1.165) is 0 Å². The molecule has 21 heavy (non-hydrogen) atoms. The Labute approximate surface area is 131 Å². The third-order valence-electron chi connectivity index (χ3n) is 2.66. The molecule has 2 aromatic rings. The smallest absolute Gasteiger partial charge is 0.251 e. The number of aromatic nitrogens is 2. The van der Waals surface area contributed by atoms with Crippen molar-refractivity contribution in [3.63, 3.8) is 0 Å². The minimum Gasteiger partial charge on any atom is -0.325 e. The van der Waals surface area contributed by atoms with Crippen LogP contribution in [0.25, 0.3) is 0 Å². The van der Waals surface area contributed by atoms with Crippen molar-refractivity contribution in [1.82, 2.24) is 9.97 Å². The van der Waals surface area contributed by atoms with Crippen molar-refractivity contribution in [2.45, 2.75) is 23.8 Å². The van der Waals surface area contributed by atoms with Gasteiger partial charge >= 0.3 is 0 Å². The van der Waals surface area contributed by atoms with Crippen molar-refractivity contribution in [2.24, 2.45) is 0 Å². The molecule has 0 aliphatic carbocycles. The highest BCUT2D eigenvalue weighted by Crippen LogP contribution is 2.23. The van der Waals surface area contributed by atoms with E-state index in [-0.39, 0.29) is 16.7 Å². The number of nitrogens with one attached hydrogen (secondary N) is 2. The topological polar surface area (TPSA) is 74.8 Å². The maximum atomic E-state index is 12.2. The molecule has 0 fully saturated rings. The van der Waals surface area contributed by atoms with Crippen LogP contribution in [0.15, 0.2) is 46.5 Å². The third-order valence-corrected chi connectivity index (χ3v) is 4.15. The SMILES string of the molecule is CCC(Sc1nccc(=O)[nH]1)C(=O)Nc1cccc(Cl)c1. The highest BCUT2D eigenvalue weighted by Gasteiger charge is 2.19. The number of benzene rings is 1. The Kier molecular flexibility index (Phi) is 5.41. The Morgan fingerprint density at radius 1 is 1.48 bits per heavy atom. The second-order valence-electron chi connectivity index (χ2n) is 4.25. The molecule has 0 bridgehead atoms. The molecule has 0 radical (unpaired) electrons. The molecule has 0 aliphatic rings. The van der Waals surface area contributed by atoms with Crippen LogP contribution < -0.4 is 10.9 Å². The van der Waals surface area contributed by atoms with E-state index in [1.165, 1.54) is 24.0 Å². The van der Waals surface area contributed by atoms with Crippen LogP contribution in [0.3, 0.4) is 0 Å². The maximum Gasteiger partial charge on any atom is 0.251 e. The van der Waals surface area contributed by atoms with E-state index in [9.17, 15) is 9.59 Å². The van der Waals surface area contributed by atoms with Crippen LogP contribution in [-0.2, 0) is 4.79 Å². The van der Waals surface area contributed by atoms with Crippen molar-refractivity contribution in [1.29, 1.82) is 0 Å². The van der Waals surface area contributed by atoms with Gasteiger partial charge in [0, 0.05) is 23.0 Å². The van der Waals surface area contributed by atoms with Gasteiger partial charge in [-0.3, -0.25) is 9.59 Å². The number of halogens is 1. The molecule has 5 nitrogen and oxygen atoms in total. The van der Waals surface area contributed by atoms with Gasteiger partial charge in [0.25, 0.3) is 5.56 Å². The zero-order chi connectivity index (χ0) is 15.2. The van der Waals surface area contributed by atoms with E-state index in [2.05, 4.69) is 15.3 Å². The van der Waals surface area contributed by atoms with E-state index in [0.29, 0.717) is 22.3 Å². The van der Waals surface area contributed by atoms with Crippen LogP contribution in [0.2, 0.25) is 5.02 Å². The molecule has 1 heterocycles. The summed E-state index contributed by atoms with van der Waals surface area (Å²) in [5, 5.41) is 3.44. The number of carbonyl (C=O) groups excluding carboxylic acids is 1. The van der Waals surface area contributed by atoms with E-state index in [1.54, 1.807) is 24.3 Å². The second-order valence-corrected chi connectivity index (χ2v) is 5.88. The summed E-state index contributed by atoms with van der Waals surface area (Å²) in [5.74, 6) is -0.156. The highest BCUT2D eigenvalue weighted by molar-refractivity contribution is 8.00. The van der Waals surface area contributed by atoms with Crippen LogP contribution in [-0.4, -0.2) is 21.1 Å². The number of amides is 1. The molecule has 2 rings (SSSR count). The number of rotatable bonds is 5. The molecular weight excluding hydrogens is 310 g/mol. The number of nitrogens with zero attached hydrogens (tertiary/aromatic N) is 1. The zero-order valence-corrected chi connectivity index (χ0v) is 12.9. The Morgan fingerprint density at radius 2 is 2.29 bits per heavy atom. The molecule has 0 saturated heterocycles. The first kappa shape index (κ1) is 15.6. The molecule has 1 atom stereocenters. The lowest BCUT2D eigenvalue weighted by Gasteiger charge is -2.14. The fourth-order valence-corrected chi connectivity index (χ4v) is 2.73. The van der Waals surface area contributed by atoms with Gasteiger partial charge < -0.3 is 10.3 Å². The molecule has 0 saturated carbocycles. The summed E-state index contributed by atoms with van der Waals surface area (Å²) in [4.78, 5) is 30.1. The number of hydrogen-bond donors (Lipinski definition) is 2. The van der Waals surface area contributed by atoms with Crippen molar-refractivity contribution in [3.05, 3.63) is 51.9 Å². The van der Waals surface area contributed by atoms with E-state index in [4.69, 9.17) is 11.6 Å². The van der Waals surface area contributed by atoms with Crippen LogP contribution >= 0.6 is 23.4 Å². The molecule has 7 heteroatoms. The molecule has 1 aromatic heterocycles. The monoisotopic (exact) mass is 323 g/mol. The van der Waals surface area contributed by atoms with Gasteiger partial charge in [-0.15, -0.1) is 0 Å². The number of carbonyl (C=O) groups is 1. The minimum atomic E-state index is -0.352. The summed E-state index contributed by atoms with van der Waals surface area (Å²) in [6, 6.07) is 8.28. The van der Waals surface area contributed by atoms with Gasteiger partial charge in [0.2, 0.25) is 5.91 Å². The van der Waals surface area contributed by atoms with Crippen molar-refractivity contribution in [2.75, 3.05) is 5.32 Å². The van der Waals surface area contributed by atoms with Gasteiger partial charge in [0.05, 0.1) is 5.25 Å². The predicted octanol–water partition coefficient (Wildman–Crippen LogP) is 2.93. The Balaban J connectivity index is 2.06. The first-order valence-electron chi connectivity index (χ1n) is 6.37. The van der Waals surface area contributed by atoms with Gasteiger partial charge in [-0.2, -0.15) is 0 Å². The summed E-state index contributed by atoms with van der Waals surface area (Å²) >= 11 is 7.11. The lowest BCUT2D eigenvalue weighted by Crippen LogP contribution is -2.25. The van der Waals surface area contributed by atoms with Crippen molar-refractivity contribution >= 4 is 35.0 Å². The van der Waals surface area contributed by atoms with Gasteiger partial charge in [-0.05, 0) is 24.6 Å². The van der Waals surface area contributed by atoms with E-state index in [1.807, 2.05) is 6.92 Å². The summed E-state index contributed by atoms with van der Waals surface area (Å²) in [7, 11) is 0. The normalized spacial score (nSPS) is 11.9. The van der Waals surface area contributed by atoms with E-state index < -0.39 is 0 Å². The summed E-state index contributed by atoms with van der Waals surface area (Å²) in [6.45, 7) is 1.90. The van der Waals surface area contributed by atoms with Gasteiger partial charge in [-0.1, -0.05) is 36.4 Å². The van der Waals surface area contributed by atoms with E-state index >= 15 is 0 Å². The summed E-state index contributed by atoms with van der Waals surface area (Å²) in [6.07, 6.45) is 2.03. The first-order chi connectivity index (χ1) is 10.1. The Bertz CT molecular complexity index is 690. The molecule has 110 valence electrons. The largest absolute Gasteiger partial charge is 0.325 e. The lowest BCUT2D eigenvalue weighted by atomic mass is 10.3. The third kappa shape index (κ3) is 4.61. The zero-order valence-electron chi connectivity index (χ0n) is 11.3. The lowest BCUT2D eigenvalue weighted by molar-refractivity contribution is -0.115. The van der Waals surface area contributed by atoms with Crippen LogP contribution in [0, 0.1) is 0 Å². The molecular formula is C14H14ClN3O2S. The van der Waals surface area contributed by atoms with Crippen molar-refractivity contribution < 1.29 is 4.79 Å². The van der Waals surface area contributed by atoms with Gasteiger partial charge in [-0.25, -0.2) is 4.98 Å². The minimum absolute atomic E-state index is 0.156.